The van der Waals surface area contributed by atoms with E-state index < -0.39 is 23.6 Å². The lowest BCUT2D eigenvalue weighted by Crippen LogP contribution is -2.30. The molecule has 1 aliphatic rings. The molecule has 0 aliphatic heterocycles. The van der Waals surface area contributed by atoms with Gasteiger partial charge in [-0.15, -0.1) is 0 Å². The van der Waals surface area contributed by atoms with Crippen LogP contribution in [-0.2, 0) is 17.7 Å². The summed E-state index contributed by atoms with van der Waals surface area (Å²) in [7, 11) is 1.33. The number of rotatable bonds is 6. The molecular formula is C26H21ClFN5O4. The molecule has 0 unspecified atom stereocenters. The molecule has 0 spiro atoms. The van der Waals surface area contributed by atoms with Crippen LogP contribution in [0.25, 0.3) is 5.65 Å². The fraction of sp³-hybridized carbons (Fsp3) is 0.192. The molecule has 0 saturated heterocycles. The van der Waals surface area contributed by atoms with Crippen LogP contribution in [0.15, 0.2) is 54.7 Å². The molecule has 0 fully saturated rings. The maximum Gasteiger partial charge on any atom is 0.337 e. The van der Waals surface area contributed by atoms with Gasteiger partial charge in [0.05, 0.1) is 29.9 Å². The monoisotopic (exact) mass is 521 g/mol. The molecule has 9 nitrogen and oxygen atoms in total. The maximum atomic E-state index is 13.4. The summed E-state index contributed by atoms with van der Waals surface area (Å²) in [5, 5.41) is 9.84. The Morgan fingerprint density at radius 2 is 1.97 bits per heavy atom. The zero-order chi connectivity index (χ0) is 26.1. The number of aryl methyl sites for hydroxylation is 1. The molecule has 0 radical (unpaired) electrons. The van der Waals surface area contributed by atoms with Crippen LogP contribution in [0.5, 0.6) is 0 Å². The lowest BCUT2D eigenvalue weighted by atomic mass is 10.0. The van der Waals surface area contributed by atoms with Gasteiger partial charge in [-0.1, -0.05) is 23.7 Å². The van der Waals surface area contributed by atoms with E-state index in [1.165, 1.54) is 42.1 Å². The predicted molar refractivity (Wildman–Crippen MR) is 132 cm³/mol. The van der Waals surface area contributed by atoms with Gasteiger partial charge in [0.1, 0.15) is 17.2 Å². The third-order valence-electron chi connectivity index (χ3n) is 6.21. The summed E-state index contributed by atoms with van der Waals surface area (Å²) in [6.45, 7) is 0.0961. The molecule has 188 valence electrons. The van der Waals surface area contributed by atoms with Crippen LogP contribution in [-0.4, -0.2) is 39.5 Å². The van der Waals surface area contributed by atoms with Gasteiger partial charge in [0, 0.05) is 18.7 Å². The molecule has 2 aromatic carbocycles. The highest BCUT2D eigenvalue weighted by atomic mass is 35.5. The van der Waals surface area contributed by atoms with E-state index in [2.05, 4.69) is 20.7 Å². The Hall–Kier alpha value is -4.31. The number of nitrogens with one attached hydrogen (secondary N) is 2. The number of fused-ring (bicyclic) bond motifs is 2. The quantitative estimate of drug-likeness (QED) is 0.374. The molecule has 1 aliphatic carbocycles. The van der Waals surface area contributed by atoms with Crippen molar-refractivity contribution in [3.63, 3.8) is 0 Å². The van der Waals surface area contributed by atoms with Gasteiger partial charge in [-0.2, -0.15) is 5.10 Å². The van der Waals surface area contributed by atoms with Crippen molar-refractivity contribution in [3.05, 3.63) is 99.2 Å². The number of esters is 1. The molecule has 4 aromatic rings. The number of aromatic nitrogens is 3. The van der Waals surface area contributed by atoms with Crippen molar-refractivity contribution in [2.45, 2.75) is 25.4 Å². The lowest BCUT2D eigenvalue weighted by molar-refractivity contribution is 0.0600. The van der Waals surface area contributed by atoms with E-state index in [1.807, 2.05) is 6.07 Å². The highest BCUT2D eigenvalue weighted by molar-refractivity contribution is 6.30. The van der Waals surface area contributed by atoms with Crippen molar-refractivity contribution in [2.24, 2.45) is 0 Å². The summed E-state index contributed by atoms with van der Waals surface area (Å²) in [4.78, 5) is 42.3. The molecule has 2 N–H and O–H groups in total. The number of methoxy groups -OCH3 is 1. The third kappa shape index (κ3) is 4.88. The highest BCUT2D eigenvalue weighted by Gasteiger charge is 2.27. The van der Waals surface area contributed by atoms with Crippen LogP contribution in [0.4, 0.5) is 4.39 Å². The minimum atomic E-state index is -0.547. The average Bonchev–Trinajstić information content (AvgIpc) is 3.54. The van der Waals surface area contributed by atoms with Crippen LogP contribution < -0.4 is 10.6 Å². The minimum absolute atomic E-state index is 0.0286. The van der Waals surface area contributed by atoms with E-state index in [0.29, 0.717) is 29.6 Å². The molecule has 2 aromatic heterocycles. The molecule has 5 rings (SSSR count). The second kappa shape index (κ2) is 9.98. The van der Waals surface area contributed by atoms with Crippen molar-refractivity contribution in [1.29, 1.82) is 0 Å². The predicted octanol–water partition coefficient (Wildman–Crippen LogP) is 3.66. The first-order valence-electron chi connectivity index (χ1n) is 11.4. The minimum Gasteiger partial charge on any atom is -0.465 e. The molecule has 11 heteroatoms. The summed E-state index contributed by atoms with van der Waals surface area (Å²) in [6.07, 6.45) is 2.84. The van der Waals surface area contributed by atoms with Crippen molar-refractivity contribution < 1.29 is 23.5 Å². The van der Waals surface area contributed by atoms with Gasteiger partial charge in [0.2, 0.25) is 0 Å². The fourth-order valence-corrected chi connectivity index (χ4v) is 4.56. The van der Waals surface area contributed by atoms with E-state index in [1.54, 1.807) is 18.2 Å². The van der Waals surface area contributed by atoms with Gasteiger partial charge in [0.25, 0.3) is 11.8 Å². The molecular weight excluding hydrogens is 501 g/mol. The summed E-state index contributed by atoms with van der Waals surface area (Å²) < 4.78 is 19.5. The van der Waals surface area contributed by atoms with Crippen molar-refractivity contribution in [1.82, 2.24) is 25.2 Å². The Bertz CT molecular complexity index is 1550. The number of halogens is 2. The van der Waals surface area contributed by atoms with Crippen molar-refractivity contribution in [2.75, 3.05) is 7.11 Å². The van der Waals surface area contributed by atoms with E-state index >= 15 is 0 Å². The first kappa shape index (κ1) is 24.4. The topological polar surface area (TPSA) is 115 Å². The number of nitrogens with zero attached hydrogens (tertiary/aromatic N) is 3. The summed E-state index contributed by atoms with van der Waals surface area (Å²) >= 11 is 5.81. The van der Waals surface area contributed by atoms with Gasteiger partial charge in [0.15, 0.2) is 5.65 Å². The Kier molecular flexibility index (Phi) is 6.58. The zero-order valence-corrected chi connectivity index (χ0v) is 20.4. The number of hydrogen-bond acceptors (Lipinski definition) is 6. The molecule has 1 atom stereocenters. The van der Waals surface area contributed by atoms with Crippen molar-refractivity contribution >= 4 is 35.0 Å². The fourth-order valence-electron chi connectivity index (χ4n) is 4.36. The average molecular weight is 522 g/mol. The molecule has 0 saturated carbocycles. The van der Waals surface area contributed by atoms with E-state index in [9.17, 15) is 18.8 Å². The Balaban J connectivity index is 1.35. The van der Waals surface area contributed by atoms with E-state index in [0.717, 1.165) is 11.1 Å². The Morgan fingerprint density at radius 1 is 1.14 bits per heavy atom. The van der Waals surface area contributed by atoms with Crippen LogP contribution in [0.3, 0.4) is 0 Å². The number of amides is 2. The van der Waals surface area contributed by atoms with Gasteiger partial charge in [-0.3, -0.25) is 9.59 Å². The second-order valence-corrected chi connectivity index (χ2v) is 8.94. The lowest BCUT2D eigenvalue weighted by Gasteiger charge is -2.15. The molecule has 0 bridgehead atoms. The zero-order valence-electron chi connectivity index (χ0n) is 19.6. The normalized spacial score (nSPS) is 14.3. The number of carbonyl (C=O) groups is 3. The number of ether oxygens (including phenoxy) is 1. The van der Waals surface area contributed by atoms with E-state index in [-0.39, 0.29) is 29.0 Å². The number of benzene rings is 2. The largest absolute Gasteiger partial charge is 0.465 e. The van der Waals surface area contributed by atoms with Gasteiger partial charge >= 0.3 is 5.97 Å². The van der Waals surface area contributed by atoms with Gasteiger partial charge < -0.3 is 15.4 Å². The first-order valence-corrected chi connectivity index (χ1v) is 11.8. The standard InChI is InChI=1S/C26H21ClFN5O4/c1-37-26(36)16-3-5-17-15(11-16)4-7-20(17)32-25(35)22-12-21(31-23-8-9-30-33(22)23)24(34)29-13-14-2-6-19(28)18(27)10-14/h2-3,5-6,8-12,20H,4,7,13H2,1H3,(H,29,34)(H,32,35)/t20-/m0/s1. The summed E-state index contributed by atoms with van der Waals surface area (Å²) in [5.41, 5.74) is 3.45. The molecule has 2 heterocycles. The van der Waals surface area contributed by atoms with Crippen LogP contribution in [0.1, 0.15) is 60.5 Å². The number of hydrogen-bond donors (Lipinski definition) is 2. The maximum absolute atomic E-state index is 13.4. The van der Waals surface area contributed by atoms with Gasteiger partial charge in [-0.05, 0) is 53.8 Å². The second-order valence-electron chi connectivity index (χ2n) is 8.53. The first-order chi connectivity index (χ1) is 17.8. The van der Waals surface area contributed by atoms with Crippen molar-refractivity contribution in [3.8, 4) is 0 Å². The number of carbonyl (C=O) groups excluding carboxylic acids is 3. The summed E-state index contributed by atoms with van der Waals surface area (Å²) in [6, 6.07) is 12.1. The molecule has 37 heavy (non-hydrogen) atoms. The van der Waals surface area contributed by atoms with Crippen LogP contribution in [0.2, 0.25) is 5.02 Å². The highest BCUT2D eigenvalue weighted by Crippen LogP contribution is 2.32. The van der Waals surface area contributed by atoms with Crippen LogP contribution in [0, 0.1) is 5.82 Å². The van der Waals surface area contributed by atoms with Gasteiger partial charge in [-0.25, -0.2) is 18.7 Å². The Morgan fingerprint density at radius 3 is 2.76 bits per heavy atom. The molecule has 2 amide bonds. The van der Waals surface area contributed by atoms with E-state index in [4.69, 9.17) is 16.3 Å². The Labute approximate surface area is 215 Å². The third-order valence-corrected chi connectivity index (χ3v) is 6.50. The van der Waals surface area contributed by atoms with Crippen LogP contribution >= 0.6 is 11.6 Å². The SMILES string of the molecule is COC(=O)c1ccc2c(c1)CC[C@@H]2NC(=O)c1cc(C(=O)NCc2ccc(F)c(Cl)c2)nc2ccnn12. The smallest absolute Gasteiger partial charge is 0.337 e. The summed E-state index contributed by atoms with van der Waals surface area (Å²) in [5.74, 6) is -1.90.